The van der Waals surface area contributed by atoms with E-state index in [0.717, 1.165) is 0 Å². The highest BCUT2D eigenvalue weighted by atomic mass is 16.5. The van der Waals surface area contributed by atoms with Crippen molar-refractivity contribution in [1.29, 1.82) is 0 Å². The van der Waals surface area contributed by atoms with Crippen LogP contribution in [0.4, 0.5) is 0 Å². The SMILES string of the molecule is CC(C(=O)O)C(O)O.O.c1cc2ccc1-2. The maximum Gasteiger partial charge on any atom is 0.311 e. The zero-order valence-corrected chi connectivity index (χ0v) is 8.21. The molecule has 2 aliphatic rings. The van der Waals surface area contributed by atoms with Crippen molar-refractivity contribution in [1.82, 2.24) is 0 Å². The monoisotopic (exact) mass is 214 g/mol. The van der Waals surface area contributed by atoms with Gasteiger partial charge in [0.25, 0.3) is 0 Å². The minimum absolute atomic E-state index is 0. The Bertz CT molecular complexity index is 296. The number of benzene rings is 1. The maximum atomic E-state index is 9.82. The van der Waals surface area contributed by atoms with E-state index >= 15 is 0 Å². The molecule has 0 aromatic rings. The van der Waals surface area contributed by atoms with Gasteiger partial charge in [-0.05, 0) is 18.1 Å². The fraction of sp³-hybridized carbons (Fsp3) is 0.300. The van der Waals surface area contributed by atoms with Gasteiger partial charge in [-0.1, -0.05) is 24.3 Å². The van der Waals surface area contributed by atoms with Crippen LogP contribution in [0.3, 0.4) is 0 Å². The van der Waals surface area contributed by atoms with Gasteiger partial charge in [-0.3, -0.25) is 4.79 Å². The van der Waals surface area contributed by atoms with E-state index in [1.807, 2.05) is 0 Å². The van der Waals surface area contributed by atoms with E-state index in [4.69, 9.17) is 15.3 Å². The Hall–Kier alpha value is -1.43. The summed E-state index contributed by atoms with van der Waals surface area (Å²) in [4.78, 5) is 9.82. The minimum Gasteiger partial charge on any atom is -0.481 e. The first-order valence-corrected chi connectivity index (χ1v) is 4.21. The van der Waals surface area contributed by atoms with Crippen LogP contribution in [-0.4, -0.2) is 33.1 Å². The fourth-order valence-corrected chi connectivity index (χ4v) is 0.790. The predicted molar refractivity (Wildman–Crippen MR) is 54.1 cm³/mol. The minimum atomic E-state index is -1.76. The van der Waals surface area contributed by atoms with E-state index in [1.165, 1.54) is 18.1 Å². The highest BCUT2D eigenvalue weighted by Crippen LogP contribution is 2.29. The van der Waals surface area contributed by atoms with Gasteiger partial charge >= 0.3 is 5.97 Å². The molecular formula is C10H14O5. The number of carboxylic acid groups (broad SMARTS) is 1. The van der Waals surface area contributed by atoms with Gasteiger partial charge in [0.05, 0.1) is 0 Å². The van der Waals surface area contributed by atoms with Gasteiger partial charge in [-0.2, -0.15) is 0 Å². The zero-order valence-electron chi connectivity index (χ0n) is 8.21. The topological polar surface area (TPSA) is 109 Å². The third-order valence-corrected chi connectivity index (χ3v) is 2.05. The lowest BCUT2D eigenvalue weighted by Gasteiger charge is -2.10. The van der Waals surface area contributed by atoms with Crippen molar-refractivity contribution in [2.45, 2.75) is 13.2 Å². The van der Waals surface area contributed by atoms with Crippen LogP contribution in [0.1, 0.15) is 6.92 Å². The molecule has 0 fully saturated rings. The number of carbonyl (C=O) groups is 1. The molecule has 1 unspecified atom stereocenters. The van der Waals surface area contributed by atoms with Crippen LogP contribution in [0.15, 0.2) is 24.3 Å². The largest absolute Gasteiger partial charge is 0.481 e. The summed E-state index contributed by atoms with van der Waals surface area (Å²) in [6, 6.07) is 8.48. The summed E-state index contributed by atoms with van der Waals surface area (Å²) in [6.45, 7) is 1.22. The van der Waals surface area contributed by atoms with Gasteiger partial charge in [-0.15, -0.1) is 0 Å². The molecule has 0 heterocycles. The smallest absolute Gasteiger partial charge is 0.311 e. The van der Waals surface area contributed by atoms with Crippen LogP contribution < -0.4 is 0 Å². The summed E-state index contributed by atoms with van der Waals surface area (Å²) in [5, 5.41) is 24.4. The van der Waals surface area contributed by atoms with Gasteiger partial charge in [0.1, 0.15) is 5.92 Å². The molecule has 0 aliphatic heterocycles. The van der Waals surface area contributed by atoms with E-state index in [0.29, 0.717) is 0 Å². The average molecular weight is 214 g/mol. The normalized spacial score (nSPS) is 12.0. The first-order chi connectivity index (χ1) is 6.52. The van der Waals surface area contributed by atoms with Crippen molar-refractivity contribution in [3.63, 3.8) is 0 Å². The number of aliphatic hydroxyl groups is 2. The summed E-state index contributed by atoms with van der Waals surface area (Å²) < 4.78 is 0. The molecule has 5 N–H and O–H groups in total. The molecule has 15 heavy (non-hydrogen) atoms. The molecule has 0 saturated carbocycles. The zero-order chi connectivity index (χ0) is 10.7. The van der Waals surface area contributed by atoms with Crippen molar-refractivity contribution in [2.24, 2.45) is 5.92 Å². The second-order valence-corrected chi connectivity index (χ2v) is 3.12. The van der Waals surface area contributed by atoms with Crippen LogP contribution >= 0.6 is 0 Å². The molecule has 84 valence electrons. The predicted octanol–water partition coefficient (Wildman–Crippen LogP) is -0.140. The molecule has 0 spiro atoms. The third kappa shape index (κ3) is 3.32. The summed E-state index contributed by atoms with van der Waals surface area (Å²) in [7, 11) is 0. The molecule has 5 heteroatoms. The summed E-state index contributed by atoms with van der Waals surface area (Å²) in [6.07, 6.45) is -1.76. The molecule has 2 rings (SSSR count). The lowest BCUT2D eigenvalue weighted by molar-refractivity contribution is -0.156. The molecule has 0 aromatic heterocycles. The quantitative estimate of drug-likeness (QED) is 0.604. The molecule has 0 aromatic carbocycles. The van der Waals surface area contributed by atoms with Crippen LogP contribution in [0, 0.1) is 5.92 Å². The molecule has 5 nitrogen and oxygen atoms in total. The van der Waals surface area contributed by atoms with Crippen molar-refractivity contribution in [2.75, 3.05) is 0 Å². The highest BCUT2D eigenvalue weighted by molar-refractivity contribution is 5.75. The second-order valence-electron chi connectivity index (χ2n) is 3.12. The van der Waals surface area contributed by atoms with Gasteiger partial charge in [0.2, 0.25) is 0 Å². The second kappa shape index (κ2) is 5.45. The van der Waals surface area contributed by atoms with Crippen LogP contribution in [0.2, 0.25) is 0 Å². The van der Waals surface area contributed by atoms with E-state index in [1.54, 1.807) is 0 Å². The number of hydrogen-bond donors (Lipinski definition) is 3. The van der Waals surface area contributed by atoms with Crippen molar-refractivity contribution in [3.8, 4) is 11.1 Å². The van der Waals surface area contributed by atoms with Gasteiger partial charge < -0.3 is 20.8 Å². The number of fused-ring (bicyclic) bond motifs is 1. The number of aliphatic carboxylic acids is 1. The average Bonchev–Trinajstić information content (AvgIpc) is 2.10. The van der Waals surface area contributed by atoms with Gasteiger partial charge in [0.15, 0.2) is 6.29 Å². The number of rotatable bonds is 2. The number of hydrogen-bond acceptors (Lipinski definition) is 3. The molecule has 1 atom stereocenters. The molecule has 0 amide bonds. The first-order valence-electron chi connectivity index (χ1n) is 4.21. The van der Waals surface area contributed by atoms with Crippen LogP contribution in [0.5, 0.6) is 0 Å². The lowest BCUT2D eigenvalue weighted by Crippen LogP contribution is -2.24. The van der Waals surface area contributed by atoms with Crippen molar-refractivity contribution >= 4 is 5.97 Å². The molecule has 2 aliphatic carbocycles. The van der Waals surface area contributed by atoms with E-state index in [-0.39, 0.29) is 5.48 Å². The molecule has 0 bridgehead atoms. The Balaban J connectivity index is 0.000000249. The summed E-state index contributed by atoms with van der Waals surface area (Å²) >= 11 is 0. The summed E-state index contributed by atoms with van der Waals surface area (Å²) in [5.41, 5.74) is 2.85. The lowest BCUT2D eigenvalue weighted by atomic mass is 9.95. The molecule has 0 saturated heterocycles. The third-order valence-electron chi connectivity index (χ3n) is 2.05. The van der Waals surface area contributed by atoms with Crippen molar-refractivity contribution < 1.29 is 25.6 Å². The van der Waals surface area contributed by atoms with Gasteiger partial charge in [-0.25, -0.2) is 0 Å². The standard InChI is InChI=1S/C6H4.C4H8O4.H2O/c1-2-6-4-3-5(1)6;1-2(3(5)6)4(7)8;/h1-4H;2-3,5-6H,1H3,(H,7,8);1H2. The Kier molecular flexibility index (Phi) is 4.93. The summed E-state index contributed by atoms with van der Waals surface area (Å²) in [5.74, 6) is -2.31. The number of aliphatic hydroxyl groups excluding tert-OH is 1. The van der Waals surface area contributed by atoms with E-state index < -0.39 is 18.2 Å². The number of carboxylic acids is 1. The van der Waals surface area contributed by atoms with Crippen LogP contribution in [-0.2, 0) is 4.79 Å². The Labute approximate surface area is 86.9 Å². The Morgan fingerprint density at radius 2 is 1.47 bits per heavy atom. The Morgan fingerprint density at radius 1 is 1.13 bits per heavy atom. The van der Waals surface area contributed by atoms with Crippen LogP contribution in [0.25, 0.3) is 11.1 Å². The maximum absolute atomic E-state index is 9.82. The molecule has 0 radical (unpaired) electrons. The highest BCUT2D eigenvalue weighted by Gasteiger charge is 2.17. The van der Waals surface area contributed by atoms with Gasteiger partial charge in [0, 0.05) is 0 Å². The first kappa shape index (κ1) is 13.6. The molecular weight excluding hydrogens is 200 g/mol. The fourth-order valence-electron chi connectivity index (χ4n) is 0.790. The van der Waals surface area contributed by atoms with E-state index in [2.05, 4.69) is 24.3 Å². The Morgan fingerprint density at radius 3 is 1.47 bits per heavy atom. The van der Waals surface area contributed by atoms with Crippen molar-refractivity contribution in [3.05, 3.63) is 24.3 Å². The van der Waals surface area contributed by atoms with E-state index in [9.17, 15) is 4.79 Å².